The first-order chi connectivity index (χ1) is 9.58. The van der Waals surface area contributed by atoms with Crippen molar-refractivity contribution in [2.24, 2.45) is 5.73 Å². The van der Waals surface area contributed by atoms with Gasteiger partial charge in [0.2, 0.25) is 0 Å². The summed E-state index contributed by atoms with van der Waals surface area (Å²) in [4.78, 5) is 0. The highest BCUT2D eigenvalue weighted by Crippen LogP contribution is 2.37. The zero-order chi connectivity index (χ0) is 14.2. The van der Waals surface area contributed by atoms with Crippen molar-refractivity contribution in [3.05, 3.63) is 65.2 Å². The zero-order valence-electron chi connectivity index (χ0n) is 10.9. The first-order valence-electron chi connectivity index (χ1n) is 6.54. The molecule has 1 unspecified atom stereocenters. The fourth-order valence-corrected chi connectivity index (χ4v) is 2.68. The monoisotopic (exact) mass is 275 g/mol. The number of halogens is 2. The molecule has 1 aliphatic heterocycles. The summed E-state index contributed by atoms with van der Waals surface area (Å²) in [5.74, 6) is -0.163. The molecule has 0 amide bonds. The van der Waals surface area contributed by atoms with E-state index in [1.54, 1.807) is 0 Å². The van der Waals surface area contributed by atoms with Crippen LogP contribution in [0.15, 0.2) is 42.5 Å². The molecule has 0 fully saturated rings. The van der Waals surface area contributed by atoms with Crippen LogP contribution in [-0.4, -0.2) is 6.61 Å². The smallest absolute Gasteiger partial charge is 0.126 e. The Balaban J connectivity index is 2.00. The Morgan fingerprint density at radius 1 is 1.15 bits per heavy atom. The van der Waals surface area contributed by atoms with E-state index in [1.807, 2.05) is 24.3 Å². The third-order valence-electron chi connectivity index (χ3n) is 3.74. The average molecular weight is 275 g/mol. The van der Waals surface area contributed by atoms with Crippen LogP contribution in [0.5, 0.6) is 5.75 Å². The molecule has 0 bridgehead atoms. The maximum atomic E-state index is 13.8. The van der Waals surface area contributed by atoms with Crippen molar-refractivity contribution in [3.8, 4) is 5.75 Å². The van der Waals surface area contributed by atoms with Gasteiger partial charge in [-0.25, -0.2) is 8.78 Å². The second-order valence-corrected chi connectivity index (χ2v) is 5.16. The first kappa shape index (κ1) is 13.1. The summed E-state index contributed by atoms with van der Waals surface area (Å²) in [5, 5.41) is 0. The lowest BCUT2D eigenvalue weighted by atomic mass is 9.80. The van der Waals surface area contributed by atoms with E-state index in [4.69, 9.17) is 10.5 Å². The van der Waals surface area contributed by atoms with Crippen LogP contribution in [0.3, 0.4) is 0 Å². The van der Waals surface area contributed by atoms with Crippen molar-refractivity contribution in [3.63, 3.8) is 0 Å². The lowest BCUT2D eigenvalue weighted by Gasteiger charge is -2.35. The summed E-state index contributed by atoms with van der Waals surface area (Å²) >= 11 is 0. The molecule has 0 saturated carbocycles. The summed E-state index contributed by atoms with van der Waals surface area (Å²) in [6, 6.07) is 10.9. The van der Waals surface area contributed by atoms with Crippen LogP contribution in [0.1, 0.15) is 17.5 Å². The van der Waals surface area contributed by atoms with Gasteiger partial charge in [0, 0.05) is 12.0 Å². The molecule has 2 nitrogen and oxygen atoms in total. The molecule has 4 heteroatoms. The van der Waals surface area contributed by atoms with Crippen LogP contribution in [0.25, 0.3) is 0 Å². The summed E-state index contributed by atoms with van der Waals surface area (Å²) in [5.41, 5.74) is 6.86. The average Bonchev–Trinajstić information content (AvgIpc) is 2.43. The third-order valence-corrected chi connectivity index (χ3v) is 3.74. The highest BCUT2D eigenvalue weighted by Gasteiger charge is 2.34. The van der Waals surface area contributed by atoms with Gasteiger partial charge in [-0.05, 0) is 36.2 Å². The van der Waals surface area contributed by atoms with Crippen LogP contribution in [0.4, 0.5) is 8.78 Å². The van der Waals surface area contributed by atoms with Gasteiger partial charge in [-0.2, -0.15) is 0 Å². The first-order valence-corrected chi connectivity index (χ1v) is 6.54. The molecule has 0 saturated heterocycles. The minimum absolute atomic E-state index is 0.247. The minimum atomic E-state index is -0.733. The Labute approximate surface area is 116 Å². The largest absolute Gasteiger partial charge is 0.493 e. The van der Waals surface area contributed by atoms with Gasteiger partial charge < -0.3 is 10.5 Å². The Bertz CT molecular complexity index is 644. The molecular weight excluding hydrogens is 260 g/mol. The predicted molar refractivity (Wildman–Crippen MR) is 72.5 cm³/mol. The van der Waals surface area contributed by atoms with Crippen LogP contribution in [-0.2, 0) is 12.0 Å². The lowest BCUT2D eigenvalue weighted by molar-refractivity contribution is 0.214. The number of rotatable bonds is 2. The highest BCUT2D eigenvalue weighted by atomic mass is 19.1. The van der Waals surface area contributed by atoms with E-state index in [-0.39, 0.29) is 6.42 Å². The van der Waals surface area contributed by atoms with E-state index in [0.717, 1.165) is 23.4 Å². The number of ether oxygens (including phenoxy) is 1. The van der Waals surface area contributed by atoms with Gasteiger partial charge in [0.15, 0.2) is 0 Å². The molecule has 0 radical (unpaired) electrons. The van der Waals surface area contributed by atoms with Crippen molar-refractivity contribution < 1.29 is 13.5 Å². The minimum Gasteiger partial charge on any atom is -0.493 e. The Morgan fingerprint density at radius 2 is 1.95 bits per heavy atom. The van der Waals surface area contributed by atoms with Crippen molar-refractivity contribution >= 4 is 0 Å². The maximum absolute atomic E-state index is 13.8. The van der Waals surface area contributed by atoms with Crippen LogP contribution >= 0.6 is 0 Å². The lowest BCUT2D eigenvalue weighted by Crippen LogP contribution is -2.43. The fraction of sp³-hybridized carbons (Fsp3) is 0.250. The van der Waals surface area contributed by atoms with Crippen molar-refractivity contribution in [1.82, 2.24) is 0 Å². The van der Waals surface area contributed by atoms with Gasteiger partial charge in [-0.1, -0.05) is 18.2 Å². The molecule has 0 spiro atoms. The van der Waals surface area contributed by atoms with Gasteiger partial charge in [-0.3, -0.25) is 0 Å². The van der Waals surface area contributed by atoms with Gasteiger partial charge in [-0.15, -0.1) is 0 Å². The number of benzene rings is 2. The van der Waals surface area contributed by atoms with Crippen molar-refractivity contribution in [2.45, 2.75) is 18.4 Å². The molecular formula is C16H15F2NO. The zero-order valence-corrected chi connectivity index (χ0v) is 10.9. The molecule has 0 aliphatic carbocycles. The van der Waals surface area contributed by atoms with E-state index < -0.39 is 17.2 Å². The fourth-order valence-electron chi connectivity index (χ4n) is 2.68. The van der Waals surface area contributed by atoms with Crippen LogP contribution < -0.4 is 10.5 Å². The van der Waals surface area contributed by atoms with Gasteiger partial charge in [0.25, 0.3) is 0 Å². The summed E-state index contributed by atoms with van der Waals surface area (Å²) < 4.78 is 32.7. The Morgan fingerprint density at radius 3 is 2.80 bits per heavy atom. The number of hydrogen-bond acceptors (Lipinski definition) is 2. The second-order valence-electron chi connectivity index (χ2n) is 5.16. The highest BCUT2D eigenvalue weighted by molar-refractivity contribution is 5.42. The van der Waals surface area contributed by atoms with E-state index in [9.17, 15) is 8.78 Å². The standard InChI is InChI=1S/C16H15F2NO/c17-12-5-6-14(18)11(9-12)10-16(19)7-8-20-15-4-2-1-3-13(15)16/h1-6,9H,7-8,10,19H2. The molecule has 0 aromatic heterocycles. The molecule has 1 aliphatic rings. The predicted octanol–water partition coefficient (Wildman–Crippen LogP) is 3.14. The molecule has 20 heavy (non-hydrogen) atoms. The topological polar surface area (TPSA) is 35.2 Å². The number of nitrogens with two attached hydrogens (primary N) is 1. The Hall–Kier alpha value is -1.94. The molecule has 3 rings (SSSR count). The van der Waals surface area contributed by atoms with Crippen LogP contribution in [0.2, 0.25) is 0 Å². The maximum Gasteiger partial charge on any atom is 0.126 e. The molecule has 104 valence electrons. The SMILES string of the molecule is NC1(Cc2cc(F)ccc2F)CCOc2ccccc21. The van der Waals surface area contributed by atoms with Crippen molar-refractivity contribution in [2.75, 3.05) is 6.61 Å². The Kier molecular flexibility index (Phi) is 3.18. The van der Waals surface area contributed by atoms with Crippen LogP contribution in [0, 0.1) is 11.6 Å². The molecule has 1 heterocycles. The molecule has 2 N–H and O–H groups in total. The second kappa shape index (κ2) is 4.87. The van der Waals surface area contributed by atoms with Gasteiger partial charge >= 0.3 is 0 Å². The molecule has 2 aromatic rings. The van der Waals surface area contributed by atoms with Crippen molar-refractivity contribution in [1.29, 1.82) is 0 Å². The summed E-state index contributed by atoms with van der Waals surface area (Å²) in [6.45, 7) is 0.477. The molecule has 1 atom stereocenters. The van der Waals surface area contributed by atoms with E-state index >= 15 is 0 Å². The van der Waals surface area contributed by atoms with E-state index in [1.165, 1.54) is 6.07 Å². The summed E-state index contributed by atoms with van der Waals surface area (Å²) in [7, 11) is 0. The van der Waals surface area contributed by atoms with Gasteiger partial charge in [0.1, 0.15) is 17.4 Å². The number of hydrogen-bond donors (Lipinski definition) is 1. The van der Waals surface area contributed by atoms with E-state index in [2.05, 4.69) is 0 Å². The quantitative estimate of drug-likeness (QED) is 0.913. The van der Waals surface area contributed by atoms with Gasteiger partial charge in [0.05, 0.1) is 12.1 Å². The van der Waals surface area contributed by atoms with E-state index in [0.29, 0.717) is 18.6 Å². The third kappa shape index (κ3) is 2.27. The summed E-state index contributed by atoms with van der Waals surface area (Å²) in [6.07, 6.45) is 0.816. The normalized spacial score (nSPS) is 21.1. The number of para-hydroxylation sites is 1. The molecule has 2 aromatic carbocycles. The number of fused-ring (bicyclic) bond motifs is 1.